The monoisotopic (exact) mass is 329 g/mol. The molecule has 0 aliphatic rings. The van der Waals surface area contributed by atoms with Crippen LogP contribution < -0.4 is 5.32 Å². The Morgan fingerprint density at radius 3 is 2.08 bits per heavy atom. The SMILES string of the molecule is CC(C)(C)CCCCCCCCCNCCC=Cc1ccccc1. The van der Waals surface area contributed by atoms with E-state index in [1.165, 1.54) is 63.5 Å². The van der Waals surface area contributed by atoms with E-state index in [2.05, 4.69) is 68.6 Å². The third-order valence-corrected chi connectivity index (χ3v) is 4.38. The Morgan fingerprint density at radius 1 is 0.792 bits per heavy atom. The molecule has 1 aromatic rings. The van der Waals surface area contributed by atoms with E-state index in [-0.39, 0.29) is 0 Å². The Hall–Kier alpha value is -1.08. The number of hydrogen-bond acceptors (Lipinski definition) is 1. The van der Waals surface area contributed by atoms with Crippen LogP contribution in [0.2, 0.25) is 0 Å². The van der Waals surface area contributed by atoms with Crippen molar-refractivity contribution in [1.29, 1.82) is 0 Å². The topological polar surface area (TPSA) is 12.0 Å². The predicted molar refractivity (Wildman–Crippen MR) is 109 cm³/mol. The fourth-order valence-corrected chi connectivity index (χ4v) is 2.88. The smallest absolute Gasteiger partial charge is 0.00142 e. The van der Waals surface area contributed by atoms with Crippen LogP contribution in [-0.4, -0.2) is 13.1 Å². The summed E-state index contributed by atoms with van der Waals surface area (Å²) in [5.74, 6) is 0. The van der Waals surface area contributed by atoms with Crippen LogP contribution in [0.5, 0.6) is 0 Å². The molecule has 1 N–H and O–H groups in total. The lowest BCUT2D eigenvalue weighted by Crippen LogP contribution is -2.15. The van der Waals surface area contributed by atoms with Crippen molar-refractivity contribution in [2.24, 2.45) is 5.41 Å². The maximum atomic E-state index is 3.55. The summed E-state index contributed by atoms with van der Waals surface area (Å²) in [5, 5.41) is 3.55. The molecule has 0 aliphatic carbocycles. The second kappa shape index (κ2) is 13.2. The van der Waals surface area contributed by atoms with Gasteiger partial charge in [0.2, 0.25) is 0 Å². The summed E-state index contributed by atoms with van der Waals surface area (Å²) in [7, 11) is 0. The lowest BCUT2D eigenvalue weighted by Gasteiger charge is -2.17. The van der Waals surface area contributed by atoms with Gasteiger partial charge in [0, 0.05) is 0 Å². The van der Waals surface area contributed by atoms with Gasteiger partial charge in [-0.15, -0.1) is 0 Å². The summed E-state index contributed by atoms with van der Waals surface area (Å²) in [6.07, 6.45) is 16.7. The lowest BCUT2D eigenvalue weighted by atomic mass is 9.89. The first-order chi connectivity index (χ1) is 11.6. The molecule has 0 aliphatic heterocycles. The van der Waals surface area contributed by atoms with Crippen molar-refractivity contribution in [1.82, 2.24) is 5.32 Å². The Kier molecular flexibility index (Phi) is 11.6. The van der Waals surface area contributed by atoms with E-state index >= 15 is 0 Å². The zero-order valence-electron chi connectivity index (χ0n) is 16.3. The summed E-state index contributed by atoms with van der Waals surface area (Å²) >= 11 is 0. The molecule has 0 fully saturated rings. The van der Waals surface area contributed by atoms with Gasteiger partial charge >= 0.3 is 0 Å². The summed E-state index contributed by atoms with van der Waals surface area (Å²) in [5.41, 5.74) is 1.81. The molecule has 1 rings (SSSR count). The molecule has 136 valence electrons. The van der Waals surface area contributed by atoms with Gasteiger partial charge in [0.05, 0.1) is 0 Å². The quantitative estimate of drug-likeness (QED) is 0.390. The van der Waals surface area contributed by atoms with E-state index in [1.54, 1.807) is 0 Å². The number of nitrogens with one attached hydrogen (secondary N) is 1. The van der Waals surface area contributed by atoms with Crippen molar-refractivity contribution < 1.29 is 0 Å². The maximum Gasteiger partial charge on any atom is -0.00142 e. The molecule has 0 saturated heterocycles. The highest BCUT2D eigenvalue weighted by Gasteiger charge is 2.08. The third-order valence-electron chi connectivity index (χ3n) is 4.38. The van der Waals surface area contributed by atoms with Crippen LogP contribution in [0.3, 0.4) is 0 Å². The highest BCUT2D eigenvalue weighted by Crippen LogP contribution is 2.22. The summed E-state index contributed by atoms with van der Waals surface area (Å²) in [6, 6.07) is 10.5. The average Bonchev–Trinajstić information content (AvgIpc) is 2.55. The molecule has 0 aromatic heterocycles. The summed E-state index contributed by atoms with van der Waals surface area (Å²) in [6.45, 7) is 9.30. The molecule has 0 bridgehead atoms. The lowest BCUT2D eigenvalue weighted by molar-refractivity contribution is 0.356. The molecule has 0 spiro atoms. The highest BCUT2D eigenvalue weighted by atomic mass is 14.8. The number of rotatable bonds is 13. The van der Waals surface area contributed by atoms with Crippen LogP contribution in [0.25, 0.3) is 6.08 Å². The Bertz CT molecular complexity index is 413. The Labute approximate surface area is 150 Å². The van der Waals surface area contributed by atoms with E-state index in [9.17, 15) is 0 Å². The van der Waals surface area contributed by atoms with Crippen LogP contribution >= 0.6 is 0 Å². The predicted octanol–water partition coefficient (Wildman–Crippen LogP) is 6.85. The van der Waals surface area contributed by atoms with Crippen molar-refractivity contribution in [2.45, 2.75) is 78.6 Å². The van der Waals surface area contributed by atoms with Gasteiger partial charge in [-0.1, -0.05) is 102 Å². The molecule has 1 nitrogen and oxygen atoms in total. The van der Waals surface area contributed by atoms with E-state index in [0.29, 0.717) is 5.41 Å². The van der Waals surface area contributed by atoms with Crippen LogP contribution in [0.1, 0.15) is 84.1 Å². The number of unbranched alkanes of at least 4 members (excludes halogenated alkanes) is 6. The first kappa shape index (κ1) is 21.0. The fourth-order valence-electron chi connectivity index (χ4n) is 2.88. The van der Waals surface area contributed by atoms with E-state index in [0.717, 1.165) is 13.0 Å². The van der Waals surface area contributed by atoms with Gasteiger partial charge in [-0.25, -0.2) is 0 Å². The van der Waals surface area contributed by atoms with Gasteiger partial charge in [-0.05, 0) is 43.3 Å². The zero-order valence-corrected chi connectivity index (χ0v) is 16.3. The molecule has 0 heterocycles. The van der Waals surface area contributed by atoms with E-state index in [4.69, 9.17) is 0 Å². The minimum Gasteiger partial charge on any atom is -0.316 e. The van der Waals surface area contributed by atoms with Gasteiger partial charge in [-0.2, -0.15) is 0 Å². The molecule has 0 unspecified atom stereocenters. The largest absolute Gasteiger partial charge is 0.316 e. The maximum absolute atomic E-state index is 3.55. The Morgan fingerprint density at radius 2 is 1.42 bits per heavy atom. The van der Waals surface area contributed by atoms with E-state index < -0.39 is 0 Å². The minimum absolute atomic E-state index is 0.516. The van der Waals surface area contributed by atoms with Gasteiger partial charge in [0.25, 0.3) is 0 Å². The van der Waals surface area contributed by atoms with Crippen LogP contribution in [0.15, 0.2) is 36.4 Å². The van der Waals surface area contributed by atoms with Crippen LogP contribution in [-0.2, 0) is 0 Å². The number of hydrogen-bond donors (Lipinski definition) is 1. The van der Waals surface area contributed by atoms with Crippen molar-refractivity contribution in [3.8, 4) is 0 Å². The van der Waals surface area contributed by atoms with Gasteiger partial charge in [0.15, 0.2) is 0 Å². The van der Waals surface area contributed by atoms with Crippen molar-refractivity contribution >= 4 is 6.08 Å². The Balaban J connectivity index is 1.80. The molecular weight excluding hydrogens is 290 g/mol. The van der Waals surface area contributed by atoms with E-state index in [1.807, 2.05) is 0 Å². The first-order valence-corrected chi connectivity index (χ1v) is 10.0. The molecular formula is C23H39N. The van der Waals surface area contributed by atoms with Crippen LogP contribution in [0.4, 0.5) is 0 Å². The minimum atomic E-state index is 0.516. The fraction of sp³-hybridized carbons (Fsp3) is 0.652. The molecule has 24 heavy (non-hydrogen) atoms. The van der Waals surface area contributed by atoms with Crippen molar-refractivity contribution in [2.75, 3.05) is 13.1 Å². The van der Waals surface area contributed by atoms with Gasteiger partial charge in [0.1, 0.15) is 0 Å². The standard InChI is InChI=1S/C23H39N/c1-23(2,3)19-13-7-5-4-6-8-14-20-24-21-15-12-18-22-16-10-9-11-17-22/h9-12,16-18,24H,4-8,13-15,19-21H2,1-3H3. The summed E-state index contributed by atoms with van der Waals surface area (Å²) in [4.78, 5) is 0. The van der Waals surface area contributed by atoms with Crippen LogP contribution in [0, 0.1) is 5.41 Å². The molecule has 0 radical (unpaired) electrons. The zero-order chi connectivity index (χ0) is 17.5. The molecule has 1 heteroatoms. The molecule has 0 atom stereocenters. The second-order valence-corrected chi connectivity index (χ2v) is 8.14. The third kappa shape index (κ3) is 13.4. The first-order valence-electron chi connectivity index (χ1n) is 10.0. The normalized spacial score (nSPS) is 12.1. The van der Waals surface area contributed by atoms with Gasteiger partial charge < -0.3 is 5.32 Å². The molecule has 0 saturated carbocycles. The summed E-state index contributed by atoms with van der Waals surface area (Å²) < 4.78 is 0. The average molecular weight is 330 g/mol. The highest BCUT2D eigenvalue weighted by molar-refractivity contribution is 5.48. The second-order valence-electron chi connectivity index (χ2n) is 8.14. The van der Waals surface area contributed by atoms with Gasteiger partial charge in [-0.3, -0.25) is 0 Å². The molecule has 1 aromatic carbocycles. The van der Waals surface area contributed by atoms with Crippen molar-refractivity contribution in [3.63, 3.8) is 0 Å². The van der Waals surface area contributed by atoms with Crippen molar-refractivity contribution in [3.05, 3.63) is 42.0 Å². The molecule has 0 amide bonds. The number of benzene rings is 1.